The Balaban J connectivity index is 2.67. The van der Waals surface area contributed by atoms with E-state index >= 15 is 0 Å². The van der Waals surface area contributed by atoms with Crippen LogP contribution in [0.4, 0.5) is 11.5 Å². The third-order valence-electron chi connectivity index (χ3n) is 1.96. The summed E-state index contributed by atoms with van der Waals surface area (Å²) in [6.45, 7) is 0. The van der Waals surface area contributed by atoms with E-state index < -0.39 is 0 Å². The van der Waals surface area contributed by atoms with Crippen LogP contribution in [-0.2, 0) is 0 Å². The van der Waals surface area contributed by atoms with Crippen LogP contribution in [0.3, 0.4) is 0 Å². The molecule has 6 nitrogen and oxygen atoms in total. The normalized spacial score (nSPS) is 12.3. The van der Waals surface area contributed by atoms with Crippen molar-refractivity contribution in [2.45, 2.75) is 0 Å². The van der Waals surface area contributed by atoms with Gasteiger partial charge in [0.25, 0.3) is 0 Å². The van der Waals surface area contributed by atoms with E-state index in [4.69, 9.17) is 0 Å². The Kier molecular flexibility index (Phi) is 1.22. The Hall–Kier alpha value is -2.24. The van der Waals surface area contributed by atoms with E-state index in [2.05, 4.69) is 25.6 Å². The smallest absolute Gasteiger partial charge is 0.209 e. The second-order valence-corrected chi connectivity index (χ2v) is 2.84. The van der Waals surface area contributed by atoms with Gasteiger partial charge in [-0.2, -0.15) is 0 Å². The molecule has 2 heterocycles. The molecule has 0 radical (unpaired) electrons. The molecular weight excluding hydrogens is 182 g/mol. The van der Waals surface area contributed by atoms with Crippen LogP contribution in [0.1, 0.15) is 0 Å². The molecule has 0 fully saturated rings. The summed E-state index contributed by atoms with van der Waals surface area (Å²) in [5.41, 5.74) is 0.953. The lowest BCUT2D eigenvalue weighted by molar-refractivity contribution is 0.893. The molecule has 0 atom stereocenters. The lowest BCUT2D eigenvalue weighted by Gasteiger charge is -1.88. The molecule has 1 aromatic carbocycles. The van der Waals surface area contributed by atoms with Crippen molar-refractivity contribution in [1.29, 1.82) is 0 Å². The molecule has 0 aliphatic carbocycles. The third kappa shape index (κ3) is 0.846. The van der Waals surface area contributed by atoms with Crippen molar-refractivity contribution < 1.29 is 0 Å². The van der Waals surface area contributed by atoms with Gasteiger partial charge in [-0.25, -0.2) is 0 Å². The zero-order valence-electron chi connectivity index (χ0n) is 6.88. The highest BCUT2D eigenvalue weighted by molar-refractivity contribution is 5.97. The van der Waals surface area contributed by atoms with Crippen LogP contribution in [0.15, 0.2) is 33.2 Å². The number of hydrogen-bond acceptors (Lipinski definition) is 6. The van der Waals surface area contributed by atoms with Crippen LogP contribution in [0, 0.1) is 0 Å². The molecule has 14 heavy (non-hydrogen) atoms. The number of rotatable bonds is 0. The number of aromatic nitrogens is 3. The van der Waals surface area contributed by atoms with Crippen LogP contribution < -0.4 is 5.43 Å². The molecule has 2 aromatic rings. The Morgan fingerprint density at radius 1 is 1.07 bits per heavy atom. The standard InChI is InChI=1S/C8H3N5O/c14-4-1-2-5-7-6(3-4)10-13-12-8(7)11-9-5/h1-3H. The largest absolute Gasteiger partial charge is 0.290 e. The van der Waals surface area contributed by atoms with Crippen LogP contribution in [0.2, 0.25) is 0 Å². The van der Waals surface area contributed by atoms with Gasteiger partial charge < -0.3 is 0 Å². The van der Waals surface area contributed by atoms with Gasteiger partial charge in [0.05, 0.1) is 11.1 Å². The maximum absolute atomic E-state index is 11.2. The highest BCUT2D eigenvalue weighted by Crippen LogP contribution is 2.35. The molecule has 1 aliphatic heterocycles. The minimum absolute atomic E-state index is 0.134. The molecule has 0 unspecified atom stereocenters. The van der Waals surface area contributed by atoms with Gasteiger partial charge in [0.1, 0.15) is 5.52 Å². The first-order valence-corrected chi connectivity index (χ1v) is 3.94. The molecule has 0 N–H and O–H groups in total. The van der Waals surface area contributed by atoms with Crippen LogP contribution in [0.5, 0.6) is 0 Å². The Labute approximate surface area is 77.3 Å². The molecule has 0 spiro atoms. The quantitative estimate of drug-likeness (QED) is 0.525. The van der Waals surface area contributed by atoms with Gasteiger partial charge in [0.15, 0.2) is 5.43 Å². The second-order valence-electron chi connectivity index (χ2n) is 2.84. The highest BCUT2D eigenvalue weighted by Gasteiger charge is 2.13. The molecule has 3 rings (SSSR count). The van der Waals surface area contributed by atoms with Crippen LogP contribution >= 0.6 is 0 Å². The summed E-state index contributed by atoms with van der Waals surface area (Å²) in [5.74, 6) is 0.417. The van der Waals surface area contributed by atoms with Crippen molar-refractivity contribution in [3.8, 4) is 0 Å². The molecule has 66 valence electrons. The molecule has 1 aliphatic rings. The summed E-state index contributed by atoms with van der Waals surface area (Å²) in [7, 11) is 0. The van der Waals surface area contributed by atoms with Crippen molar-refractivity contribution in [2.24, 2.45) is 10.2 Å². The predicted molar refractivity (Wildman–Crippen MR) is 47.8 cm³/mol. The topological polar surface area (TPSA) is 80.5 Å². The van der Waals surface area contributed by atoms with E-state index in [1.807, 2.05) is 0 Å². The first-order chi connectivity index (χ1) is 6.84. The highest BCUT2D eigenvalue weighted by atomic mass is 16.1. The number of azo groups is 1. The zero-order chi connectivity index (χ0) is 9.54. The second kappa shape index (κ2) is 2.38. The van der Waals surface area contributed by atoms with Gasteiger partial charge >= 0.3 is 0 Å². The summed E-state index contributed by atoms with van der Waals surface area (Å²) in [6.07, 6.45) is 0. The fourth-order valence-electron chi connectivity index (χ4n) is 1.36. The minimum Gasteiger partial charge on any atom is -0.290 e. The summed E-state index contributed by atoms with van der Waals surface area (Å²) >= 11 is 0. The molecule has 0 saturated carbocycles. The zero-order valence-corrected chi connectivity index (χ0v) is 6.88. The molecule has 0 saturated heterocycles. The van der Waals surface area contributed by atoms with E-state index in [9.17, 15) is 4.79 Å². The Bertz CT molecular complexity index is 622. The van der Waals surface area contributed by atoms with E-state index in [-0.39, 0.29) is 5.43 Å². The van der Waals surface area contributed by atoms with E-state index in [1.165, 1.54) is 12.1 Å². The SMILES string of the molecule is O=c1ccc2c3c(nnnc3c1)N=N2. The average Bonchev–Trinajstić information content (AvgIpc) is 2.51. The summed E-state index contributed by atoms with van der Waals surface area (Å²) in [4.78, 5) is 11.2. The molecule has 6 heteroatoms. The summed E-state index contributed by atoms with van der Waals surface area (Å²) in [6, 6.07) is 4.42. The van der Waals surface area contributed by atoms with Crippen molar-refractivity contribution in [3.63, 3.8) is 0 Å². The minimum atomic E-state index is -0.134. The molecule has 0 amide bonds. The van der Waals surface area contributed by atoms with E-state index in [0.29, 0.717) is 22.4 Å². The van der Waals surface area contributed by atoms with Crippen molar-refractivity contribution >= 4 is 22.4 Å². The number of hydrogen-bond donors (Lipinski definition) is 0. The molecule has 1 aromatic heterocycles. The van der Waals surface area contributed by atoms with Gasteiger partial charge in [-0.1, -0.05) is 0 Å². The van der Waals surface area contributed by atoms with Gasteiger partial charge in [-0.3, -0.25) is 4.79 Å². The van der Waals surface area contributed by atoms with E-state index in [0.717, 1.165) is 0 Å². The van der Waals surface area contributed by atoms with Crippen molar-refractivity contribution in [3.05, 3.63) is 28.4 Å². The van der Waals surface area contributed by atoms with Gasteiger partial charge in [-0.05, 0) is 17.3 Å². The fraction of sp³-hybridized carbons (Fsp3) is 0. The molecule has 0 bridgehead atoms. The summed E-state index contributed by atoms with van der Waals surface area (Å²) < 4.78 is 0. The third-order valence-corrected chi connectivity index (χ3v) is 1.96. The lowest BCUT2D eigenvalue weighted by atomic mass is 10.3. The fourth-order valence-corrected chi connectivity index (χ4v) is 1.36. The Morgan fingerprint density at radius 3 is 2.93 bits per heavy atom. The maximum atomic E-state index is 11.2. The van der Waals surface area contributed by atoms with E-state index in [1.54, 1.807) is 6.07 Å². The lowest BCUT2D eigenvalue weighted by Crippen LogP contribution is -1.92. The van der Waals surface area contributed by atoms with Crippen LogP contribution in [-0.4, -0.2) is 15.4 Å². The van der Waals surface area contributed by atoms with Gasteiger partial charge in [0, 0.05) is 6.07 Å². The first kappa shape index (κ1) is 7.19. The average molecular weight is 185 g/mol. The van der Waals surface area contributed by atoms with Gasteiger partial charge in [0.2, 0.25) is 5.82 Å². The van der Waals surface area contributed by atoms with Crippen LogP contribution in [0.25, 0.3) is 10.9 Å². The first-order valence-electron chi connectivity index (χ1n) is 3.94. The summed E-state index contributed by atoms with van der Waals surface area (Å²) in [5, 5.41) is 19.3. The maximum Gasteiger partial charge on any atom is 0.209 e. The van der Waals surface area contributed by atoms with Gasteiger partial charge in [-0.15, -0.1) is 20.4 Å². The Morgan fingerprint density at radius 2 is 2.00 bits per heavy atom. The monoisotopic (exact) mass is 185 g/mol. The van der Waals surface area contributed by atoms with Crippen molar-refractivity contribution in [2.75, 3.05) is 0 Å². The predicted octanol–water partition coefficient (Wildman–Crippen LogP) is 1.11. The van der Waals surface area contributed by atoms with Crippen molar-refractivity contribution in [1.82, 2.24) is 15.4 Å². The number of nitrogens with zero attached hydrogens (tertiary/aromatic N) is 5. The molecular formula is C8H3N5O.